The topological polar surface area (TPSA) is 46.2 Å². The molecule has 2 rings (SSSR count). The number of benzene rings is 2. The predicted octanol–water partition coefficient (Wildman–Crippen LogP) is 3.24. The maximum absolute atomic E-state index is 13.4. The second-order valence-corrected chi connectivity index (χ2v) is 6.26. The number of anilines is 1. The van der Waals surface area contributed by atoms with Crippen LogP contribution in [-0.2, 0) is 21.3 Å². The molecule has 6 heteroatoms. The average Bonchev–Trinajstić information content (AvgIpc) is 2.50. The Morgan fingerprint density at radius 2 is 1.73 bits per heavy atom. The smallest absolute Gasteiger partial charge is 0.225 e. The van der Waals surface area contributed by atoms with Gasteiger partial charge < -0.3 is 5.32 Å². The number of carbonyl (C=O) groups is 1. The first-order chi connectivity index (χ1) is 10.5. The lowest BCUT2D eigenvalue weighted by atomic mass is 10.2. The molecule has 0 heterocycles. The van der Waals surface area contributed by atoms with Crippen LogP contribution in [0.2, 0.25) is 0 Å². The van der Waals surface area contributed by atoms with Gasteiger partial charge >= 0.3 is 0 Å². The molecule has 0 spiro atoms. The summed E-state index contributed by atoms with van der Waals surface area (Å²) in [7, 11) is -1.32. The van der Waals surface area contributed by atoms with Gasteiger partial charge in [0.2, 0.25) is 5.91 Å². The fraction of sp³-hybridized carbons (Fsp3) is 0.188. The van der Waals surface area contributed by atoms with E-state index >= 15 is 0 Å². The van der Waals surface area contributed by atoms with Gasteiger partial charge in [-0.3, -0.25) is 9.00 Å². The molecular weight excluding hydrogens is 308 g/mol. The summed E-state index contributed by atoms with van der Waals surface area (Å²) >= 11 is 0. The molecule has 0 radical (unpaired) electrons. The Bertz CT molecular complexity index is 674. The lowest BCUT2D eigenvalue weighted by molar-refractivity contribution is -0.115. The average molecular weight is 323 g/mol. The quantitative estimate of drug-likeness (QED) is 0.887. The third-order valence-corrected chi connectivity index (χ3v) is 4.25. The molecule has 1 unspecified atom stereocenters. The van der Waals surface area contributed by atoms with Crippen molar-refractivity contribution >= 4 is 22.4 Å². The summed E-state index contributed by atoms with van der Waals surface area (Å²) in [6, 6.07) is 11.5. The van der Waals surface area contributed by atoms with Gasteiger partial charge in [-0.05, 0) is 30.3 Å². The standard InChI is InChI=1S/C16H15F2NO2S/c17-13-5-7-14(8-6-13)19-16(20)9-10-22(21)11-12-3-1-2-4-15(12)18/h1-8H,9-11H2,(H,19,20). The Hall–Kier alpha value is -2.08. The minimum Gasteiger partial charge on any atom is -0.326 e. The molecule has 1 N–H and O–H groups in total. The van der Waals surface area contributed by atoms with E-state index < -0.39 is 16.6 Å². The van der Waals surface area contributed by atoms with Crippen molar-refractivity contribution in [2.75, 3.05) is 11.1 Å². The summed E-state index contributed by atoms with van der Waals surface area (Å²) in [4.78, 5) is 11.7. The van der Waals surface area contributed by atoms with Crippen molar-refractivity contribution in [3.8, 4) is 0 Å². The molecule has 0 saturated carbocycles. The van der Waals surface area contributed by atoms with Gasteiger partial charge in [-0.1, -0.05) is 18.2 Å². The van der Waals surface area contributed by atoms with Crippen molar-refractivity contribution in [3.63, 3.8) is 0 Å². The SMILES string of the molecule is O=C(CCS(=O)Cc1ccccc1F)Nc1ccc(F)cc1. The van der Waals surface area contributed by atoms with Crippen molar-refractivity contribution in [1.82, 2.24) is 0 Å². The Morgan fingerprint density at radius 1 is 1.05 bits per heavy atom. The van der Waals surface area contributed by atoms with E-state index in [0.717, 1.165) is 0 Å². The Morgan fingerprint density at radius 3 is 2.41 bits per heavy atom. The number of hydrogen-bond acceptors (Lipinski definition) is 2. The van der Waals surface area contributed by atoms with E-state index in [1.807, 2.05) is 0 Å². The Balaban J connectivity index is 1.79. The van der Waals surface area contributed by atoms with Crippen LogP contribution in [0, 0.1) is 11.6 Å². The summed E-state index contributed by atoms with van der Waals surface area (Å²) < 4.78 is 38.0. The molecule has 0 aromatic heterocycles. The lowest BCUT2D eigenvalue weighted by Gasteiger charge is -2.06. The molecule has 2 aromatic rings. The molecule has 0 aliphatic rings. The molecule has 22 heavy (non-hydrogen) atoms. The maximum atomic E-state index is 13.4. The highest BCUT2D eigenvalue weighted by Crippen LogP contribution is 2.11. The normalized spacial score (nSPS) is 11.9. The monoisotopic (exact) mass is 323 g/mol. The molecule has 0 aliphatic heterocycles. The minimum atomic E-state index is -1.32. The lowest BCUT2D eigenvalue weighted by Crippen LogP contribution is -2.15. The summed E-state index contributed by atoms with van der Waals surface area (Å²) in [5.74, 6) is -0.873. The molecular formula is C16H15F2NO2S. The molecule has 0 fully saturated rings. The maximum Gasteiger partial charge on any atom is 0.225 e. The summed E-state index contributed by atoms with van der Waals surface area (Å²) in [5, 5.41) is 2.59. The van der Waals surface area contributed by atoms with Gasteiger partial charge in [0.15, 0.2) is 0 Å². The number of carbonyl (C=O) groups excluding carboxylic acids is 1. The third-order valence-electron chi connectivity index (χ3n) is 2.96. The van der Waals surface area contributed by atoms with E-state index in [9.17, 15) is 17.8 Å². The van der Waals surface area contributed by atoms with E-state index in [1.54, 1.807) is 18.2 Å². The van der Waals surface area contributed by atoms with Crippen molar-refractivity contribution in [2.24, 2.45) is 0 Å². The van der Waals surface area contributed by atoms with Gasteiger partial charge in [-0.2, -0.15) is 0 Å². The second kappa shape index (κ2) is 7.79. The zero-order valence-electron chi connectivity index (χ0n) is 11.7. The van der Waals surface area contributed by atoms with Gasteiger partial charge in [0.1, 0.15) is 11.6 Å². The van der Waals surface area contributed by atoms with Crippen LogP contribution in [0.4, 0.5) is 14.5 Å². The van der Waals surface area contributed by atoms with Crippen LogP contribution in [0.25, 0.3) is 0 Å². The van der Waals surface area contributed by atoms with Crippen LogP contribution in [0.3, 0.4) is 0 Å². The number of hydrogen-bond donors (Lipinski definition) is 1. The number of halogens is 2. The summed E-state index contributed by atoms with van der Waals surface area (Å²) in [6.07, 6.45) is 0.0540. The van der Waals surface area contributed by atoms with E-state index in [4.69, 9.17) is 0 Å². The van der Waals surface area contributed by atoms with E-state index in [0.29, 0.717) is 11.3 Å². The molecule has 0 saturated heterocycles. The molecule has 2 aromatic carbocycles. The van der Waals surface area contributed by atoms with E-state index in [1.165, 1.54) is 30.3 Å². The summed E-state index contributed by atoms with van der Waals surface area (Å²) in [6.45, 7) is 0. The molecule has 1 amide bonds. The van der Waals surface area contributed by atoms with Crippen molar-refractivity contribution in [1.29, 1.82) is 0 Å². The first-order valence-electron chi connectivity index (χ1n) is 6.68. The zero-order valence-corrected chi connectivity index (χ0v) is 12.5. The van der Waals surface area contributed by atoms with Crippen molar-refractivity contribution in [2.45, 2.75) is 12.2 Å². The third kappa shape index (κ3) is 5.04. The number of rotatable bonds is 6. The van der Waals surface area contributed by atoms with Crippen LogP contribution >= 0.6 is 0 Å². The molecule has 1 atom stereocenters. The fourth-order valence-electron chi connectivity index (χ4n) is 1.82. The first kappa shape index (κ1) is 16.3. The van der Waals surface area contributed by atoms with Crippen molar-refractivity contribution in [3.05, 3.63) is 65.7 Å². The minimum absolute atomic E-state index is 0.0540. The van der Waals surface area contributed by atoms with Crippen LogP contribution in [0.15, 0.2) is 48.5 Å². The van der Waals surface area contributed by atoms with Crippen LogP contribution < -0.4 is 5.32 Å². The number of amides is 1. The van der Waals surface area contributed by atoms with Gasteiger partial charge in [0, 0.05) is 34.2 Å². The Labute approximate surface area is 129 Å². The molecule has 3 nitrogen and oxygen atoms in total. The van der Waals surface area contributed by atoms with Gasteiger partial charge in [-0.15, -0.1) is 0 Å². The second-order valence-electron chi connectivity index (χ2n) is 4.68. The summed E-state index contributed by atoms with van der Waals surface area (Å²) in [5.41, 5.74) is 0.853. The fourth-order valence-corrected chi connectivity index (χ4v) is 2.96. The van der Waals surface area contributed by atoms with Crippen LogP contribution in [-0.4, -0.2) is 15.9 Å². The highest BCUT2D eigenvalue weighted by molar-refractivity contribution is 7.84. The zero-order chi connectivity index (χ0) is 15.9. The predicted molar refractivity (Wildman–Crippen MR) is 82.8 cm³/mol. The van der Waals surface area contributed by atoms with E-state index in [2.05, 4.69) is 5.32 Å². The highest BCUT2D eigenvalue weighted by atomic mass is 32.2. The van der Waals surface area contributed by atoms with Crippen LogP contribution in [0.5, 0.6) is 0 Å². The van der Waals surface area contributed by atoms with Gasteiger partial charge in [-0.25, -0.2) is 8.78 Å². The largest absolute Gasteiger partial charge is 0.326 e. The van der Waals surface area contributed by atoms with E-state index in [-0.39, 0.29) is 29.7 Å². The van der Waals surface area contributed by atoms with Gasteiger partial charge in [0.05, 0.1) is 5.75 Å². The number of nitrogens with one attached hydrogen (secondary N) is 1. The molecule has 116 valence electrons. The van der Waals surface area contributed by atoms with Gasteiger partial charge in [0.25, 0.3) is 0 Å². The molecule has 0 aliphatic carbocycles. The van der Waals surface area contributed by atoms with Crippen molar-refractivity contribution < 1.29 is 17.8 Å². The van der Waals surface area contributed by atoms with Crippen LogP contribution in [0.1, 0.15) is 12.0 Å². The molecule has 0 bridgehead atoms. The highest BCUT2D eigenvalue weighted by Gasteiger charge is 2.09. The Kier molecular flexibility index (Phi) is 5.77. The first-order valence-corrected chi connectivity index (χ1v) is 8.17.